The van der Waals surface area contributed by atoms with Crippen LogP contribution in [0.1, 0.15) is 0 Å². The van der Waals surface area contributed by atoms with Crippen molar-refractivity contribution >= 4 is 0 Å². The summed E-state index contributed by atoms with van der Waals surface area (Å²) in [5, 5.41) is 10.7. The van der Waals surface area contributed by atoms with Gasteiger partial charge in [0.2, 0.25) is 5.82 Å². The van der Waals surface area contributed by atoms with Gasteiger partial charge in [0.05, 0.1) is 6.20 Å². The third-order valence-electron chi connectivity index (χ3n) is 1.07. The predicted molar refractivity (Wildman–Crippen MR) is 32.0 cm³/mol. The molecule has 2 aliphatic rings. The van der Waals surface area contributed by atoms with Gasteiger partial charge in [-0.2, -0.15) is 0 Å². The van der Waals surface area contributed by atoms with Crippen molar-refractivity contribution in [2.45, 2.75) is 0 Å². The van der Waals surface area contributed by atoms with Crippen LogP contribution >= 0.6 is 0 Å². The Morgan fingerprint density at radius 2 is 2.10 bits per heavy atom. The van der Waals surface area contributed by atoms with E-state index in [1.54, 1.807) is 18.6 Å². The fourth-order valence-electron chi connectivity index (χ4n) is 0.640. The number of hydrogen-bond acceptors (Lipinski definition) is 5. The van der Waals surface area contributed by atoms with Crippen molar-refractivity contribution in [3.8, 4) is 11.5 Å². The molecule has 2 heterocycles. The first kappa shape index (κ1) is 5.16. The minimum absolute atomic E-state index is 0.525. The van der Waals surface area contributed by atoms with E-state index in [0.29, 0.717) is 11.5 Å². The molecule has 0 aromatic carbocycles. The summed E-state index contributed by atoms with van der Waals surface area (Å²) in [5.41, 5.74) is 0.616. The maximum Gasteiger partial charge on any atom is 0.205 e. The summed E-state index contributed by atoms with van der Waals surface area (Å²) in [6, 6.07) is 0. The number of aromatic nitrogens is 5. The van der Waals surface area contributed by atoms with Crippen LogP contribution in [0.15, 0.2) is 18.6 Å². The van der Waals surface area contributed by atoms with Gasteiger partial charge in [0.1, 0.15) is 0 Å². The number of rotatable bonds is 0. The zero-order valence-corrected chi connectivity index (χ0v) is 4.97. The second-order valence-corrected chi connectivity index (χ2v) is 1.70. The van der Waals surface area contributed by atoms with E-state index in [1.807, 2.05) is 0 Å². The third-order valence-corrected chi connectivity index (χ3v) is 1.07. The van der Waals surface area contributed by atoms with Crippen molar-refractivity contribution < 1.29 is 0 Å². The molecule has 0 unspecified atom stereocenters. The lowest BCUT2D eigenvalue weighted by molar-refractivity contribution is 0.944. The first-order valence-corrected chi connectivity index (χ1v) is 2.72. The van der Waals surface area contributed by atoms with Gasteiger partial charge in [-0.05, 0) is 5.21 Å². The molecule has 2 rings (SSSR count). The molecule has 0 saturated heterocycles. The molecule has 0 aromatic rings. The summed E-state index contributed by atoms with van der Waals surface area (Å²) in [6.07, 6.45) is 4.70. The van der Waals surface area contributed by atoms with Crippen LogP contribution in [0.2, 0.25) is 0 Å². The SMILES string of the molecule is c1cnc2nnnc-2cn1. The van der Waals surface area contributed by atoms with Crippen LogP contribution in [-0.4, -0.2) is 25.4 Å². The lowest BCUT2D eigenvalue weighted by Crippen LogP contribution is -1.75. The molecule has 0 radical (unpaired) electrons. The lowest BCUT2D eigenvalue weighted by Gasteiger charge is -1.76. The van der Waals surface area contributed by atoms with Crippen LogP contribution < -0.4 is 0 Å². The molecule has 0 spiro atoms. The molecular formula is C5H3N5. The Bertz CT molecular complexity index is 281. The van der Waals surface area contributed by atoms with Gasteiger partial charge in [0.15, 0.2) is 5.69 Å². The smallest absolute Gasteiger partial charge is 0.205 e. The maximum absolute atomic E-state index is 3.91. The Balaban J connectivity index is 2.74. The first-order chi connectivity index (χ1) is 4.97. The van der Waals surface area contributed by atoms with Gasteiger partial charge >= 0.3 is 0 Å². The number of nitrogens with zero attached hydrogens (tertiary/aromatic N) is 5. The van der Waals surface area contributed by atoms with E-state index in [4.69, 9.17) is 0 Å². The quantitative estimate of drug-likeness (QED) is 0.496. The molecule has 0 aromatic heterocycles. The van der Waals surface area contributed by atoms with E-state index >= 15 is 0 Å². The van der Waals surface area contributed by atoms with Gasteiger partial charge in [0.25, 0.3) is 0 Å². The molecule has 48 valence electrons. The van der Waals surface area contributed by atoms with E-state index < -0.39 is 0 Å². The van der Waals surface area contributed by atoms with Crippen LogP contribution in [-0.2, 0) is 0 Å². The Morgan fingerprint density at radius 3 is 3.10 bits per heavy atom. The van der Waals surface area contributed by atoms with Crippen molar-refractivity contribution in [3.63, 3.8) is 0 Å². The average molecular weight is 133 g/mol. The number of fused-ring (bicyclic) bond motifs is 1. The summed E-state index contributed by atoms with van der Waals surface area (Å²) in [7, 11) is 0. The predicted octanol–water partition coefficient (Wildman–Crippen LogP) is -0.234. The van der Waals surface area contributed by atoms with Gasteiger partial charge in [-0.1, -0.05) is 0 Å². The van der Waals surface area contributed by atoms with Gasteiger partial charge < -0.3 is 0 Å². The van der Waals surface area contributed by atoms with E-state index in [2.05, 4.69) is 25.4 Å². The Hall–Kier alpha value is -1.65. The van der Waals surface area contributed by atoms with Crippen molar-refractivity contribution in [1.82, 2.24) is 25.4 Å². The summed E-state index contributed by atoms with van der Waals surface area (Å²) >= 11 is 0. The normalized spacial score (nSPS) is 10.0. The van der Waals surface area contributed by atoms with Gasteiger partial charge in [0, 0.05) is 12.4 Å². The van der Waals surface area contributed by atoms with Crippen molar-refractivity contribution in [1.29, 1.82) is 0 Å². The Kier molecular flexibility index (Phi) is 1.00. The molecule has 2 aliphatic heterocycles. The van der Waals surface area contributed by atoms with Crippen LogP contribution in [0.5, 0.6) is 0 Å². The van der Waals surface area contributed by atoms with Crippen LogP contribution in [0.25, 0.3) is 11.5 Å². The zero-order valence-electron chi connectivity index (χ0n) is 4.97. The maximum atomic E-state index is 3.91. The fourth-order valence-corrected chi connectivity index (χ4v) is 0.640. The lowest BCUT2D eigenvalue weighted by atomic mass is 10.5. The summed E-state index contributed by atoms with van der Waals surface area (Å²) < 4.78 is 0. The minimum Gasteiger partial charge on any atom is -0.261 e. The minimum atomic E-state index is 0.525. The highest BCUT2D eigenvalue weighted by molar-refractivity contribution is 5.45. The van der Waals surface area contributed by atoms with Crippen molar-refractivity contribution in [2.24, 2.45) is 0 Å². The van der Waals surface area contributed by atoms with E-state index in [9.17, 15) is 0 Å². The van der Waals surface area contributed by atoms with Gasteiger partial charge in [-0.25, -0.2) is 4.98 Å². The Labute approximate surface area is 56.5 Å². The summed E-state index contributed by atoms with van der Waals surface area (Å²) in [4.78, 5) is 7.75. The molecular weight excluding hydrogens is 130 g/mol. The largest absolute Gasteiger partial charge is 0.261 e. The molecule has 0 bridgehead atoms. The standard InChI is InChI=1S/C5H3N5/c1-2-7-5-4(3-6-1)8-10-9-5/h1-3H. The molecule has 0 N–H and O–H groups in total. The third kappa shape index (κ3) is 0.680. The number of hydrogen-bond donors (Lipinski definition) is 0. The molecule has 0 fully saturated rings. The monoisotopic (exact) mass is 133 g/mol. The molecule has 0 amide bonds. The molecule has 0 aliphatic carbocycles. The van der Waals surface area contributed by atoms with Gasteiger partial charge in [-0.15, -0.1) is 10.2 Å². The van der Waals surface area contributed by atoms with Crippen molar-refractivity contribution in [2.75, 3.05) is 0 Å². The van der Waals surface area contributed by atoms with Crippen LogP contribution in [0.3, 0.4) is 0 Å². The summed E-state index contributed by atoms with van der Waals surface area (Å²) in [5.74, 6) is 0.525. The second kappa shape index (κ2) is 1.94. The fraction of sp³-hybridized carbons (Fsp3) is 0. The van der Waals surface area contributed by atoms with E-state index in [1.165, 1.54) is 0 Å². The van der Waals surface area contributed by atoms with Gasteiger partial charge in [-0.3, -0.25) is 4.98 Å². The first-order valence-electron chi connectivity index (χ1n) is 2.72. The Morgan fingerprint density at radius 1 is 1.10 bits per heavy atom. The molecule has 5 nitrogen and oxygen atoms in total. The van der Waals surface area contributed by atoms with E-state index in [-0.39, 0.29) is 0 Å². The molecule has 0 saturated carbocycles. The average Bonchev–Trinajstić information content (AvgIpc) is 2.28. The molecule has 0 atom stereocenters. The highest BCUT2D eigenvalue weighted by Gasteiger charge is 2.03. The summed E-state index contributed by atoms with van der Waals surface area (Å²) in [6.45, 7) is 0. The molecule has 5 heteroatoms. The second-order valence-electron chi connectivity index (χ2n) is 1.70. The zero-order chi connectivity index (χ0) is 6.81. The topological polar surface area (TPSA) is 64.5 Å². The van der Waals surface area contributed by atoms with Crippen molar-refractivity contribution in [3.05, 3.63) is 18.6 Å². The highest BCUT2D eigenvalue weighted by Crippen LogP contribution is 2.05. The molecule has 10 heavy (non-hydrogen) atoms. The van der Waals surface area contributed by atoms with Crippen LogP contribution in [0.4, 0.5) is 0 Å². The van der Waals surface area contributed by atoms with Crippen LogP contribution in [0, 0.1) is 0 Å². The highest BCUT2D eigenvalue weighted by atomic mass is 15.4. The van der Waals surface area contributed by atoms with E-state index in [0.717, 1.165) is 0 Å².